The summed E-state index contributed by atoms with van der Waals surface area (Å²) in [6.07, 6.45) is 1.36. The number of nitrogens with zero attached hydrogens (tertiary/aromatic N) is 1. The second kappa shape index (κ2) is 5.08. The van der Waals surface area contributed by atoms with E-state index in [1.807, 2.05) is 0 Å². The van der Waals surface area contributed by atoms with Crippen LogP contribution in [0.2, 0.25) is 0 Å². The maximum atomic E-state index is 13.0. The van der Waals surface area contributed by atoms with Crippen molar-refractivity contribution in [1.29, 1.82) is 5.26 Å². The first-order chi connectivity index (χ1) is 7.58. The van der Waals surface area contributed by atoms with E-state index in [-0.39, 0.29) is 11.4 Å². The number of hydrogen-bond acceptors (Lipinski definition) is 3. The Kier molecular flexibility index (Phi) is 3.78. The molecule has 0 unspecified atom stereocenters. The van der Waals surface area contributed by atoms with Crippen molar-refractivity contribution in [3.8, 4) is 6.07 Å². The Morgan fingerprint density at radius 2 is 2.25 bits per heavy atom. The molecular formula is C12H10FNO2. The van der Waals surface area contributed by atoms with Gasteiger partial charge in [0.2, 0.25) is 0 Å². The van der Waals surface area contributed by atoms with Gasteiger partial charge in [0.25, 0.3) is 0 Å². The summed E-state index contributed by atoms with van der Waals surface area (Å²) in [4.78, 5) is 11.1. The zero-order valence-electron chi connectivity index (χ0n) is 8.95. The van der Waals surface area contributed by atoms with Gasteiger partial charge in [0.15, 0.2) is 0 Å². The van der Waals surface area contributed by atoms with Crippen molar-refractivity contribution in [3.63, 3.8) is 0 Å². The smallest absolute Gasteiger partial charge is 0.348 e. The summed E-state index contributed by atoms with van der Waals surface area (Å²) in [5, 5.41) is 8.72. The molecule has 0 aliphatic carbocycles. The van der Waals surface area contributed by atoms with Gasteiger partial charge in [0.1, 0.15) is 17.5 Å². The highest BCUT2D eigenvalue weighted by Crippen LogP contribution is 2.12. The highest BCUT2D eigenvalue weighted by Gasteiger charge is 2.08. The maximum absolute atomic E-state index is 13.0. The lowest BCUT2D eigenvalue weighted by Gasteiger charge is -1.99. The fourth-order valence-electron chi connectivity index (χ4n) is 1.17. The predicted octanol–water partition coefficient (Wildman–Crippen LogP) is 2.21. The molecule has 0 amide bonds. The molecule has 0 saturated carbocycles. The molecular weight excluding hydrogens is 209 g/mol. The Bertz CT molecular complexity index is 486. The van der Waals surface area contributed by atoms with Gasteiger partial charge in [0.05, 0.1) is 7.11 Å². The SMILES string of the molecule is COC(=O)/C(C#N)=C/c1ccc(F)c(C)c1. The summed E-state index contributed by atoms with van der Waals surface area (Å²) in [5.41, 5.74) is 0.922. The standard InChI is InChI=1S/C12H10FNO2/c1-8-5-9(3-4-11(8)13)6-10(7-14)12(15)16-2/h3-6H,1-2H3/b10-6+. The van der Waals surface area contributed by atoms with Gasteiger partial charge < -0.3 is 4.74 Å². The van der Waals surface area contributed by atoms with E-state index in [1.54, 1.807) is 19.1 Å². The van der Waals surface area contributed by atoms with Crippen LogP contribution in [0.25, 0.3) is 6.08 Å². The molecule has 1 rings (SSSR count). The summed E-state index contributed by atoms with van der Waals surface area (Å²) in [6, 6.07) is 6.05. The van der Waals surface area contributed by atoms with Crippen molar-refractivity contribution in [1.82, 2.24) is 0 Å². The topological polar surface area (TPSA) is 50.1 Å². The zero-order valence-corrected chi connectivity index (χ0v) is 8.95. The molecule has 82 valence electrons. The molecule has 0 N–H and O–H groups in total. The van der Waals surface area contributed by atoms with Crippen molar-refractivity contribution in [2.75, 3.05) is 7.11 Å². The molecule has 3 nitrogen and oxygen atoms in total. The van der Waals surface area contributed by atoms with Crippen molar-refractivity contribution < 1.29 is 13.9 Å². The zero-order chi connectivity index (χ0) is 12.1. The lowest BCUT2D eigenvalue weighted by molar-refractivity contribution is -0.135. The molecule has 0 aliphatic heterocycles. The third kappa shape index (κ3) is 2.67. The highest BCUT2D eigenvalue weighted by molar-refractivity contribution is 5.97. The minimum Gasteiger partial charge on any atom is -0.465 e. The van der Waals surface area contributed by atoms with Crippen molar-refractivity contribution in [3.05, 3.63) is 40.7 Å². The number of nitriles is 1. The average Bonchev–Trinajstić information content (AvgIpc) is 2.29. The van der Waals surface area contributed by atoms with Gasteiger partial charge in [-0.15, -0.1) is 0 Å². The van der Waals surface area contributed by atoms with Crippen LogP contribution in [-0.4, -0.2) is 13.1 Å². The maximum Gasteiger partial charge on any atom is 0.348 e. The number of halogens is 1. The lowest BCUT2D eigenvalue weighted by Crippen LogP contribution is -2.02. The van der Waals surface area contributed by atoms with Crippen LogP contribution in [0.5, 0.6) is 0 Å². The van der Waals surface area contributed by atoms with Crippen LogP contribution >= 0.6 is 0 Å². The predicted molar refractivity (Wildman–Crippen MR) is 56.7 cm³/mol. The number of methoxy groups -OCH3 is 1. The molecule has 0 aromatic heterocycles. The minimum atomic E-state index is -0.704. The van der Waals surface area contributed by atoms with Crippen LogP contribution in [-0.2, 0) is 9.53 Å². The van der Waals surface area contributed by atoms with Crippen LogP contribution in [0, 0.1) is 24.1 Å². The number of esters is 1. The fraction of sp³-hybridized carbons (Fsp3) is 0.167. The van der Waals surface area contributed by atoms with E-state index in [4.69, 9.17) is 5.26 Å². The second-order valence-corrected chi connectivity index (χ2v) is 3.17. The fourth-order valence-corrected chi connectivity index (χ4v) is 1.17. The molecule has 0 aliphatic rings. The molecule has 0 fully saturated rings. The number of ether oxygens (including phenoxy) is 1. The molecule has 0 bridgehead atoms. The summed E-state index contributed by atoms with van der Waals surface area (Å²) >= 11 is 0. The van der Waals surface area contributed by atoms with Gasteiger partial charge >= 0.3 is 5.97 Å². The molecule has 0 spiro atoms. The molecule has 0 radical (unpaired) electrons. The molecule has 1 aromatic rings. The van der Waals surface area contributed by atoms with E-state index in [1.165, 1.54) is 25.3 Å². The lowest BCUT2D eigenvalue weighted by atomic mass is 10.1. The first kappa shape index (κ1) is 11.9. The molecule has 0 saturated heterocycles. The van der Waals surface area contributed by atoms with Crippen LogP contribution in [0.4, 0.5) is 4.39 Å². The molecule has 0 heterocycles. The van der Waals surface area contributed by atoms with Gasteiger partial charge in [-0.2, -0.15) is 5.26 Å². The highest BCUT2D eigenvalue weighted by atomic mass is 19.1. The van der Waals surface area contributed by atoms with E-state index in [9.17, 15) is 9.18 Å². The molecule has 16 heavy (non-hydrogen) atoms. The summed E-state index contributed by atoms with van der Waals surface area (Å²) in [5.74, 6) is -1.03. The van der Waals surface area contributed by atoms with E-state index < -0.39 is 5.97 Å². The Labute approximate surface area is 92.8 Å². The number of hydrogen-bond donors (Lipinski definition) is 0. The third-order valence-electron chi connectivity index (χ3n) is 2.02. The van der Waals surface area contributed by atoms with Gasteiger partial charge in [-0.25, -0.2) is 9.18 Å². The quantitative estimate of drug-likeness (QED) is 0.435. The van der Waals surface area contributed by atoms with Crippen LogP contribution in [0.3, 0.4) is 0 Å². The normalized spacial score (nSPS) is 10.8. The van der Waals surface area contributed by atoms with E-state index in [0.717, 1.165) is 0 Å². The van der Waals surface area contributed by atoms with E-state index in [0.29, 0.717) is 11.1 Å². The van der Waals surface area contributed by atoms with Crippen LogP contribution in [0.15, 0.2) is 23.8 Å². The van der Waals surface area contributed by atoms with Gasteiger partial charge in [0, 0.05) is 0 Å². The first-order valence-corrected chi connectivity index (χ1v) is 4.54. The van der Waals surface area contributed by atoms with E-state index in [2.05, 4.69) is 4.74 Å². The number of benzene rings is 1. The third-order valence-corrected chi connectivity index (χ3v) is 2.02. The van der Waals surface area contributed by atoms with Crippen LogP contribution < -0.4 is 0 Å². The number of carbonyl (C=O) groups is 1. The summed E-state index contributed by atoms with van der Waals surface area (Å²) in [7, 11) is 1.20. The van der Waals surface area contributed by atoms with Crippen LogP contribution in [0.1, 0.15) is 11.1 Å². The average molecular weight is 219 g/mol. The summed E-state index contributed by atoms with van der Waals surface area (Å²) in [6.45, 7) is 1.61. The largest absolute Gasteiger partial charge is 0.465 e. The first-order valence-electron chi connectivity index (χ1n) is 4.54. The van der Waals surface area contributed by atoms with Crippen molar-refractivity contribution >= 4 is 12.0 Å². The monoisotopic (exact) mass is 219 g/mol. The number of rotatable bonds is 2. The van der Waals surface area contributed by atoms with E-state index >= 15 is 0 Å². The Hall–Kier alpha value is -2.15. The Balaban J connectivity index is 3.10. The van der Waals surface area contributed by atoms with Gasteiger partial charge in [-0.1, -0.05) is 6.07 Å². The number of carbonyl (C=O) groups excluding carboxylic acids is 1. The van der Waals surface area contributed by atoms with Crippen molar-refractivity contribution in [2.45, 2.75) is 6.92 Å². The van der Waals surface area contributed by atoms with Gasteiger partial charge in [-0.05, 0) is 36.3 Å². The molecule has 4 heteroatoms. The summed E-state index contributed by atoms with van der Waals surface area (Å²) < 4.78 is 17.4. The molecule has 0 atom stereocenters. The minimum absolute atomic E-state index is 0.117. The van der Waals surface area contributed by atoms with Crippen molar-refractivity contribution in [2.24, 2.45) is 0 Å². The Morgan fingerprint density at radius 3 is 2.75 bits per heavy atom. The number of aryl methyl sites for hydroxylation is 1. The van der Waals surface area contributed by atoms with Gasteiger partial charge in [-0.3, -0.25) is 0 Å². The molecule has 1 aromatic carbocycles. The Morgan fingerprint density at radius 1 is 1.56 bits per heavy atom. The second-order valence-electron chi connectivity index (χ2n) is 3.17.